The molecule has 2 N–H and O–H groups in total. The molecule has 0 amide bonds. The molecule has 0 saturated heterocycles. The highest BCUT2D eigenvalue weighted by atomic mass is 127. The Bertz CT molecular complexity index is 648. The molecule has 0 atom stereocenters. The molecule has 1 fully saturated rings. The number of nitrogens with one attached hydrogen (secondary N) is 2. The van der Waals surface area contributed by atoms with Gasteiger partial charge < -0.3 is 20.1 Å². The fourth-order valence-corrected chi connectivity index (χ4v) is 3.77. The van der Waals surface area contributed by atoms with E-state index < -0.39 is 12.8 Å². The van der Waals surface area contributed by atoms with E-state index >= 15 is 0 Å². The molecule has 0 bridgehead atoms. The van der Waals surface area contributed by atoms with E-state index in [2.05, 4.69) is 15.6 Å². The van der Waals surface area contributed by atoms with E-state index in [1.807, 2.05) is 19.1 Å². The van der Waals surface area contributed by atoms with Crippen LogP contribution in [0.25, 0.3) is 0 Å². The molecule has 2 rings (SSSR count). The van der Waals surface area contributed by atoms with Crippen molar-refractivity contribution in [1.82, 2.24) is 10.6 Å². The molecule has 0 radical (unpaired) electrons. The van der Waals surface area contributed by atoms with E-state index in [4.69, 9.17) is 9.47 Å². The van der Waals surface area contributed by atoms with Crippen molar-refractivity contribution < 1.29 is 22.6 Å². The van der Waals surface area contributed by atoms with Crippen LogP contribution in [0.15, 0.2) is 29.3 Å². The van der Waals surface area contributed by atoms with E-state index in [9.17, 15) is 13.2 Å². The average molecular weight is 557 g/mol. The maximum atomic E-state index is 12.2. The third-order valence-corrected chi connectivity index (χ3v) is 5.45. The first-order valence-corrected chi connectivity index (χ1v) is 10.6. The van der Waals surface area contributed by atoms with Crippen LogP contribution < -0.4 is 10.6 Å². The van der Waals surface area contributed by atoms with Crippen LogP contribution in [0.1, 0.15) is 50.2 Å². The second kappa shape index (κ2) is 14.2. The molecular weight excluding hydrogens is 522 g/mol. The molecular formula is C22H35F3IN3O2. The number of benzene rings is 1. The molecule has 0 heterocycles. The topological polar surface area (TPSA) is 54.9 Å². The van der Waals surface area contributed by atoms with Crippen molar-refractivity contribution in [3.63, 3.8) is 0 Å². The number of nitrogens with zero attached hydrogens (tertiary/aromatic N) is 1. The molecule has 0 aromatic heterocycles. The first-order valence-electron chi connectivity index (χ1n) is 10.6. The number of hydrogen-bond acceptors (Lipinski definition) is 3. The van der Waals surface area contributed by atoms with E-state index in [0.29, 0.717) is 12.1 Å². The summed E-state index contributed by atoms with van der Waals surface area (Å²) >= 11 is 0. The van der Waals surface area contributed by atoms with Gasteiger partial charge >= 0.3 is 6.18 Å². The summed E-state index contributed by atoms with van der Waals surface area (Å²) in [5, 5.41) is 6.78. The highest BCUT2D eigenvalue weighted by Gasteiger charge is 2.33. The largest absolute Gasteiger partial charge is 0.411 e. The quantitative estimate of drug-likeness (QED) is 0.228. The molecule has 1 aromatic carbocycles. The van der Waals surface area contributed by atoms with Gasteiger partial charge in [0.1, 0.15) is 6.61 Å². The summed E-state index contributed by atoms with van der Waals surface area (Å²) < 4.78 is 46.4. The summed E-state index contributed by atoms with van der Waals surface area (Å²) in [5.41, 5.74) is 1.96. The summed E-state index contributed by atoms with van der Waals surface area (Å²) in [4.78, 5) is 4.66. The summed E-state index contributed by atoms with van der Waals surface area (Å²) in [5.74, 6) is 0.777. The molecule has 0 spiro atoms. The minimum Gasteiger partial charge on any atom is -0.385 e. The zero-order chi connectivity index (χ0) is 21.9. The Morgan fingerprint density at radius 1 is 1.10 bits per heavy atom. The van der Waals surface area contributed by atoms with Crippen LogP contribution in [0, 0.1) is 5.41 Å². The van der Waals surface area contributed by atoms with Gasteiger partial charge in [-0.2, -0.15) is 13.2 Å². The number of halogens is 4. The van der Waals surface area contributed by atoms with Gasteiger partial charge in [-0.3, -0.25) is 0 Å². The maximum Gasteiger partial charge on any atom is 0.411 e. The lowest BCUT2D eigenvalue weighted by Gasteiger charge is -2.30. The Labute approximate surface area is 200 Å². The van der Waals surface area contributed by atoms with Crippen LogP contribution in [0.3, 0.4) is 0 Å². The number of rotatable bonds is 11. The highest BCUT2D eigenvalue weighted by Crippen LogP contribution is 2.40. The van der Waals surface area contributed by atoms with Crippen LogP contribution in [-0.4, -0.2) is 45.5 Å². The molecule has 0 aliphatic heterocycles. The predicted octanol–water partition coefficient (Wildman–Crippen LogP) is 5.04. The molecule has 5 nitrogen and oxygen atoms in total. The Hall–Kier alpha value is -1.07. The summed E-state index contributed by atoms with van der Waals surface area (Å²) in [6.07, 6.45) is 1.69. The molecule has 1 aliphatic carbocycles. The van der Waals surface area contributed by atoms with Gasteiger partial charge in [-0.25, -0.2) is 4.99 Å². The fourth-order valence-electron chi connectivity index (χ4n) is 3.77. The van der Waals surface area contributed by atoms with Gasteiger partial charge in [0, 0.05) is 26.8 Å². The molecule has 0 unspecified atom stereocenters. The Morgan fingerprint density at radius 2 is 1.74 bits per heavy atom. The number of guanidine groups is 1. The Morgan fingerprint density at radius 3 is 2.32 bits per heavy atom. The van der Waals surface area contributed by atoms with Crippen molar-refractivity contribution in [3.8, 4) is 0 Å². The monoisotopic (exact) mass is 557 g/mol. The number of aliphatic imine (C=N–C) groups is 1. The van der Waals surface area contributed by atoms with Crippen molar-refractivity contribution in [2.45, 2.75) is 58.4 Å². The molecule has 1 saturated carbocycles. The van der Waals surface area contributed by atoms with Crippen LogP contribution in [-0.2, 0) is 22.6 Å². The molecule has 31 heavy (non-hydrogen) atoms. The second-order valence-electron chi connectivity index (χ2n) is 7.92. The van der Waals surface area contributed by atoms with E-state index in [1.54, 1.807) is 19.2 Å². The number of hydrogen-bond donors (Lipinski definition) is 2. The van der Waals surface area contributed by atoms with Crippen molar-refractivity contribution in [1.29, 1.82) is 0 Å². The van der Waals surface area contributed by atoms with Gasteiger partial charge in [-0.05, 0) is 42.7 Å². The van der Waals surface area contributed by atoms with Gasteiger partial charge in [0.2, 0.25) is 0 Å². The van der Waals surface area contributed by atoms with Crippen molar-refractivity contribution in [2.75, 3.05) is 33.4 Å². The van der Waals surface area contributed by atoms with Gasteiger partial charge in [-0.15, -0.1) is 24.0 Å². The lowest BCUT2D eigenvalue weighted by atomic mass is 9.83. The summed E-state index contributed by atoms with van der Waals surface area (Å²) in [6.45, 7) is 3.64. The van der Waals surface area contributed by atoms with E-state index in [-0.39, 0.29) is 36.0 Å². The van der Waals surface area contributed by atoms with Crippen LogP contribution in [0.4, 0.5) is 13.2 Å². The van der Waals surface area contributed by atoms with Crippen molar-refractivity contribution in [2.24, 2.45) is 10.4 Å². The summed E-state index contributed by atoms with van der Waals surface area (Å²) in [6, 6.07) is 7.30. The minimum atomic E-state index is -4.30. The Balaban J connectivity index is 0.00000480. The van der Waals surface area contributed by atoms with Gasteiger partial charge in [-0.1, -0.05) is 37.1 Å². The van der Waals surface area contributed by atoms with Gasteiger partial charge in [0.25, 0.3) is 0 Å². The number of alkyl halides is 3. The van der Waals surface area contributed by atoms with Crippen LogP contribution in [0.5, 0.6) is 0 Å². The standard InChI is InChI=1S/C22H34F3N3O2.HI/c1-3-26-20(28-16-21(12-13-29-2)10-4-5-11-21)27-14-18-6-8-19(9-7-18)15-30-17-22(23,24)25;/h6-9H,3-5,10-17H2,1-2H3,(H2,26,27,28);1H. The first-order chi connectivity index (χ1) is 14.4. The van der Waals surface area contributed by atoms with Crippen molar-refractivity contribution in [3.05, 3.63) is 35.4 Å². The third-order valence-electron chi connectivity index (χ3n) is 5.45. The van der Waals surface area contributed by atoms with Gasteiger partial charge in [0.05, 0.1) is 13.2 Å². The molecule has 1 aromatic rings. The van der Waals surface area contributed by atoms with E-state index in [0.717, 1.165) is 37.6 Å². The molecule has 178 valence electrons. The van der Waals surface area contributed by atoms with Crippen LogP contribution in [0.2, 0.25) is 0 Å². The van der Waals surface area contributed by atoms with E-state index in [1.165, 1.54) is 25.7 Å². The molecule has 9 heteroatoms. The number of methoxy groups -OCH3 is 1. The summed E-state index contributed by atoms with van der Waals surface area (Å²) in [7, 11) is 1.75. The zero-order valence-electron chi connectivity index (χ0n) is 18.4. The lowest BCUT2D eigenvalue weighted by Crippen LogP contribution is -2.43. The van der Waals surface area contributed by atoms with Gasteiger partial charge in [0.15, 0.2) is 5.96 Å². The predicted molar refractivity (Wildman–Crippen MR) is 128 cm³/mol. The first kappa shape index (κ1) is 28.0. The highest BCUT2D eigenvalue weighted by molar-refractivity contribution is 14.0. The second-order valence-corrected chi connectivity index (χ2v) is 7.92. The molecule has 1 aliphatic rings. The normalized spacial score (nSPS) is 16.1. The van der Waals surface area contributed by atoms with Crippen molar-refractivity contribution >= 4 is 29.9 Å². The zero-order valence-corrected chi connectivity index (χ0v) is 20.7. The SMILES string of the molecule is CCNC(=NCc1ccc(COCC(F)(F)F)cc1)NCC1(CCOC)CCCC1.I. The lowest BCUT2D eigenvalue weighted by molar-refractivity contribution is -0.176. The minimum absolute atomic E-state index is 0. The number of ether oxygens (including phenoxy) is 2. The average Bonchev–Trinajstić information content (AvgIpc) is 3.18. The fraction of sp³-hybridized carbons (Fsp3) is 0.682. The Kier molecular flexibility index (Phi) is 12.8. The smallest absolute Gasteiger partial charge is 0.385 e. The third kappa shape index (κ3) is 10.9. The maximum absolute atomic E-state index is 12.2. The van der Waals surface area contributed by atoms with Crippen LogP contribution >= 0.6 is 24.0 Å².